The van der Waals surface area contributed by atoms with Crippen LogP contribution in [0.1, 0.15) is 0 Å². The summed E-state index contributed by atoms with van der Waals surface area (Å²) >= 11 is 0. The van der Waals surface area contributed by atoms with Gasteiger partial charge in [-0.25, -0.2) is 9.97 Å². The van der Waals surface area contributed by atoms with Gasteiger partial charge in [-0.2, -0.15) is 9.97 Å². The molecule has 0 aliphatic carbocycles. The summed E-state index contributed by atoms with van der Waals surface area (Å²) in [6.07, 6.45) is 0. The molecule has 4 aromatic heterocycles. The Bertz CT molecular complexity index is 2680. The SMILES string of the molecule is c1ccc(-c2nc(-c3ccccc3-c3ccccc3-c3nc(-c4ccccc4)c4c(n3)oc3ccccc34)nc3oc4ccccc4c23)cc1. The molecule has 0 radical (unpaired) electrons. The standard InChI is InChI=1S/C44H26N4O2/c1-3-15-27(16-4-1)39-37-33-23-11-13-25-35(33)49-43(37)47-41(45-39)31-21-9-7-19-29(31)30-20-8-10-22-32(30)42-46-40(28-17-5-2-6-18-28)38-34-24-12-14-26-36(34)50-44(38)48-42/h1-26H. The molecular formula is C44H26N4O2. The highest BCUT2D eigenvalue weighted by molar-refractivity contribution is 6.12. The molecule has 0 amide bonds. The number of hydrogen-bond acceptors (Lipinski definition) is 6. The lowest BCUT2D eigenvalue weighted by Crippen LogP contribution is -1.98. The molecule has 0 unspecified atom stereocenters. The maximum atomic E-state index is 6.35. The lowest BCUT2D eigenvalue weighted by atomic mass is 9.94. The monoisotopic (exact) mass is 642 g/mol. The summed E-state index contributed by atoms with van der Waals surface area (Å²) in [5.41, 5.74) is 9.91. The fourth-order valence-corrected chi connectivity index (χ4v) is 6.92. The number of furan rings is 2. The van der Waals surface area contributed by atoms with Crippen molar-refractivity contribution in [3.05, 3.63) is 158 Å². The lowest BCUT2D eigenvalue weighted by Gasteiger charge is -2.14. The number of benzene rings is 6. The molecule has 10 rings (SSSR count). The van der Waals surface area contributed by atoms with E-state index >= 15 is 0 Å². The highest BCUT2D eigenvalue weighted by Crippen LogP contribution is 2.42. The molecule has 0 bridgehead atoms. The molecule has 0 saturated heterocycles. The van der Waals surface area contributed by atoms with E-state index in [1.165, 1.54) is 0 Å². The Morgan fingerprint density at radius 1 is 0.320 bits per heavy atom. The second-order valence-corrected chi connectivity index (χ2v) is 12.2. The van der Waals surface area contributed by atoms with Gasteiger partial charge >= 0.3 is 0 Å². The topological polar surface area (TPSA) is 77.8 Å². The van der Waals surface area contributed by atoms with E-state index in [4.69, 9.17) is 28.8 Å². The molecule has 0 spiro atoms. The third-order valence-electron chi connectivity index (χ3n) is 9.20. The minimum Gasteiger partial charge on any atom is -0.438 e. The van der Waals surface area contributed by atoms with Crippen LogP contribution in [0, 0.1) is 0 Å². The van der Waals surface area contributed by atoms with Crippen molar-refractivity contribution in [1.82, 2.24) is 19.9 Å². The van der Waals surface area contributed by atoms with Crippen LogP contribution < -0.4 is 0 Å². The summed E-state index contributed by atoms with van der Waals surface area (Å²) in [7, 11) is 0. The Labute approximate surface area is 286 Å². The van der Waals surface area contributed by atoms with Gasteiger partial charge in [-0.15, -0.1) is 0 Å². The average Bonchev–Trinajstić information content (AvgIpc) is 3.76. The highest BCUT2D eigenvalue weighted by Gasteiger charge is 2.23. The Balaban J connectivity index is 1.21. The lowest BCUT2D eigenvalue weighted by molar-refractivity contribution is 0.653. The van der Waals surface area contributed by atoms with Crippen LogP contribution >= 0.6 is 0 Å². The van der Waals surface area contributed by atoms with E-state index in [0.717, 1.165) is 77.5 Å². The molecule has 0 aliphatic rings. The second-order valence-electron chi connectivity index (χ2n) is 12.2. The summed E-state index contributed by atoms with van der Waals surface area (Å²) in [6.45, 7) is 0. The minimum absolute atomic E-state index is 0.546. The number of nitrogens with zero attached hydrogens (tertiary/aromatic N) is 4. The average molecular weight is 643 g/mol. The number of hydrogen-bond donors (Lipinski definition) is 0. The second kappa shape index (κ2) is 11.4. The fraction of sp³-hybridized carbons (Fsp3) is 0. The van der Waals surface area contributed by atoms with Crippen molar-refractivity contribution in [3.63, 3.8) is 0 Å². The van der Waals surface area contributed by atoms with E-state index in [0.29, 0.717) is 23.1 Å². The van der Waals surface area contributed by atoms with Crippen LogP contribution in [0.3, 0.4) is 0 Å². The van der Waals surface area contributed by atoms with Crippen LogP contribution in [-0.2, 0) is 0 Å². The summed E-state index contributed by atoms with van der Waals surface area (Å²) in [4.78, 5) is 20.6. The number of rotatable bonds is 5. The molecule has 0 atom stereocenters. The predicted octanol–water partition coefficient (Wildman–Crippen LogP) is 11.4. The van der Waals surface area contributed by atoms with Crippen molar-refractivity contribution in [2.45, 2.75) is 0 Å². The molecule has 0 N–H and O–H groups in total. The number of aromatic nitrogens is 4. The molecule has 0 aliphatic heterocycles. The van der Waals surface area contributed by atoms with Crippen LogP contribution in [0.15, 0.2) is 167 Å². The van der Waals surface area contributed by atoms with Crippen LogP contribution in [0.5, 0.6) is 0 Å². The summed E-state index contributed by atoms with van der Waals surface area (Å²) in [5.74, 6) is 1.14. The van der Waals surface area contributed by atoms with E-state index in [2.05, 4.69) is 60.7 Å². The zero-order valence-corrected chi connectivity index (χ0v) is 26.6. The maximum Gasteiger partial charge on any atom is 0.231 e. The molecular weight excluding hydrogens is 617 g/mol. The third kappa shape index (κ3) is 4.50. The molecule has 6 aromatic carbocycles. The summed E-state index contributed by atoms with van der Waals surface area (Å²) < 4.78 is 12.7. The van der Waals surface area contributed by atoms with Gasteiger partial charge < -0.3 is 8.83 Å². The van der Waals surface area contributed by atoms with Gasteiger partial charge in [0.2, 0.25) is 11.4 Å². The molecule has 10 aromatic rings. The first kappa shape index (κ1) is 28.1. The molecule has 4 heterocycles. The molecule has 6 nitrogen and oxygen atoms in total. The van der Waals surface area contributed by atoms with Crippen molar-refractivity contribution < 1.29 is 8.83 Å². The first-order valence-electron chi connectivity index (χ1n) is 16.5. The van der Waals surface area contributed by atoms with Gasteiger partial charge in [-0.05, 0) is 23.3 Å². The zero-order chi connectivity index (χ0) is 33.0. The largest absolute Gasteiger partial charge is 0.438 e. The van der Waals surface area contributed by atoms with Gasteiger partial charge in [0.25, 0.3) is 0 Å². The smallest absolute Gasteiger partial charge is 0.231 e. The first-order chi connectivity index (χ1) is 24.8. The van der Waals surface area contributed by atoms with E-state index < -0.39 is 0 Å². The van der Waals surface area contributed by atoms with E-state index in [1.807, 2.05) is 97.1 Å². The molecule has 6 heteroatoms. The van der Waals surface area contributed by atoms with Crippen molar-refractivity contribution in [1.29, 1.82) is 0 Å². The predicted molar refractivity (Wildman–Crippen MR) is 199 cm³/mol. The van der Waals surface area contributed by atoms with Crippen LogP contribution in [0.2, 0.25) is 0 Å². The Morgan fingerprint density at radius 2 is 0.680 bits per heavy atom. The van der Waals surface area contributed by atoms with Gasteiger partial charge in [0.05, 0.1) is 22.2 Å². The third-order valence-corrected chi connectivity index (χ3v) is 9.20. The minimum atomic E-state index is 0.546. The van der Waals surface area contributed by atoms with Gasteiger partial charge in [-0.3, -0.25) is 0 Å². The van der Waals surface area contributed by atoms with Crippen molar-refractivity contribution in [2.75, 3.05) is 0 Å². The Kier molecular flexibility index (Phi) is 6.39. The zero-order valence-electron chi connectivity index (χ0n) is 26.6. The summed E-state index contributed by atoms with van der Waals surface area (Å²) in [6, 6.07) is 52.9. The van der Waals surface area contributed by atoms with Gasteiger partial charge in [0.1, 0.15) is 11.2 Å². The van der Waals surface area contributed by atoms with Crippen LogP contribution in [0.25, 0.3) is 101 Å². The molecule has 0 fully saturated rings. The quantitative estimate of drug-likeness (QED) is 0.186. The highest BCUT2D eigenvalue weighted by atomic mass is 16.3. The summed E-state index contributed by atoms with van der Waals surface area (Å²) in [5, 5.41) is 3.77. The van der Waals surface area contributed by atoms with E-state index in [1.54, 1.807) is 0 Å². The first-order valence-corrected chi connectivity index (χ1v) is 16.5. The van der Waals surface area contributed by atoms with Crippen molar-refractivity contribution >= 4 is 44.1 Å². The van der Waals surface area contributed by atoms with Crippen molar-refractivity contribution in [3.8, 4) is 56.4 Å². The van der Waals surface area contributed by atoms with E-state index in [-0.39, 0.29) is 0 Å². The Morgan fingerprint density at radius 3 is 1.12 bits per heavy atom. The Hall–Kier alpha value is -6.92. The maximum absolute atomic E-state index is 6.35. The normalized spacial score (nSPS) is 11.6. The molecule has 0 saturated carbocycles. The van der Waals surface area contributed by atoms with Crippen LogP contribution in [-0.4, -0.2) is 19.9 Å². The van der Waals surface area contributed by atoms with Crippen LogP contribution in [0.4, 0.5) is 0 Å². The van der Waals surface area contributed by atoms with Gasteiger partial charge in [0.15, 0.2) is 11.6 Å². The van der Waals surface area contributed by atoms with E-state index in [9.17, 15) is 0 Å². The molecule has 234 valence electrons. The van der Waals surface area contributed by atoms with Gasteiger partial charge in [-0.1, -0.05) is 146 Å². The fourth-order valence-electron chi connectivity index (χ4n) is 6.92. The molecule has 50 heavy (non-hydrogen) atoms. The van der Waals surface area contributed by atoms with Crippen molar-refractivity contribution in [2.24, 2.45) is 0 Å². The van der Waals surface area contributed by atoms with Gasteiger partial charge in [0, 0.05) is 33.0 Å². The number of fused-ring (bicyclic) bond motifs is 6. The number of para-hydroxylation sites is 2.